The number of pyridine rings is 1. The number of aromatic nitrogens is 1. The maximum atomic E-state index is 9.72. The highest BCUT2D eigenvalue weighted by Crippen LogP contribution is 2.19. The van der Waals surface area contributed by atoms with E-state index in [-0.39, 0.29) is 0 Å². The molecule has 1 rings (SSSR count). The molecule has 0 radical (unpaired) electrons. The smallest absolute Gasteiger partial charge is 0.0994 e. The molecule has 0 amide bonds. The largest absolute Gasteiger partial charge is 0.386 e. The van der Waals surface area contributed by atoms with Crippen molar-refractivity contribution in [3.05, 3.63) is 54.9 Å². The van der Waals surface area contributed by atoms with Gasteiger partial charge in [0.2, 0.25) is 0 Å². The molecule has 2 atom stereocenters. The summed E-state index contributed by atoms with van der Waals surface area (Å²) in [6, 6.07) is 5.24. The minimum Gasteiger partial charge on any atom is -0.386 e. The van der Waals surface area contributed by atoms with Gasteiger partial charge in [0, 0.05) is 0 Å². The number of hydrogen-bond donors (Lipinski definition) is 2. The molecule has 2 N–H and O–H groups in total. The molecule has 0 bridgehead atoms. The van der Waals surface area contributed by atoms with Crippen molar-refractivity contribution in [2.45, 2.75) is 25.0 Å². The molecule has 3 heteroatoms. The van der Waals surface area contributed by atoms with Crippen LogP contribution in [0.4, 0.5) is 0 Å². The van der Waals surface area contributed by atoms with Gasteiger partial charge in [0.25, 0.3) is 0 Å². The molecular weight excluding hydrogens is 202 g/mol. The third kappa shape index (κ3) is 3.29. The number of nitrogens with zero attached hydrogens (tertiary/aromatic N) is 1. The van der Waals surface area contributed by atoms with E-state index in [0.29, 0.717) is 24.2 Å². The molecule has 86 valence electrons. The first-order chi connectivity index (χ1) is 7.69. The van der Waals surface area contributed by atoms with Gasteiger partial charge in [-0.15, -0.1) is 13.2 Å². The van der Waals surface area contributed by atoms with Crippen molar-refractivity contribution in [1.29, 1.82) is 0 Å². The van der Waals surface area contributed by atoms with Crippen LogP contribution in [-0.4, -0.2) is 15.2 Å². The van der Waals surface area contributed by atoms with Crippen LogP contribution in [-0.2, 0) is 0 Å². The first-order valence-corrected chi connectivity index (χ1v) is 5.23. The molecular formula is C13H17NO2. The first-order valence-electron chi connectivity index (χ1n) is 5.23. The molecule has 0 aliphatic rings. The summed E-state index contributed by atoms with van der Waals surface area (Å²) in [5.74, 6) is 0. The Labute approximate surface area is 95.8 Å². The van der Waals surface area contributed by atoms with E-state index < -0.39 is 12.2 Å². The number of aliphatic hydroxyl groups is 2. The van der Waals surface area contributed by atoms with Crippen molar-refractivity contribution in [3.8, 4) is 0 Å². The van der Waals surface area contributed by atoms with Crippen LogP contribution in [0.3, 0.4) is 0 Å². The van der Waals surface area contributed by atoms with Crippen LogP contribution in [0.15, 0.2) is 43.5 Å². The number of aliphatic hydroxyl groups excluding tert-OH is 2. The summed E-state index contributed by atoms with van der Waals surface area (Å²) >= 11 is 0. The van der Waals surface area contributed by atoms with Gasteiger partial charge in [-0.05, 0) is 25.0 Å². The van der Waals surface area contributed by atoms with Crippen molar-refractivity contribution >= 4 is 0 Å². The third-order valence-corrected chi connectivity index (χ3v) is 2.25. The SMILES string of the molecule is C=CC[C@@H](O)c1cccc([C@H](O)CC=C)n1. The summed E-state index contributed by atoms with van der Waals surface area (Å²) in [4.78, 5) is 4.21. The van der Waals surface area contributed by atoms with Crippen LogP contribution >= 0.6 is 0 Å². The van der Waals surface area contributed by atoms with Crippen LogP contribution in [0.1, 0.15) is 36.4 Å². The van der Waals surface area contributed by atoms with Crippen molar-refractivity contribution in [1.82, 2.24) is 4.98 Å². The highest BCUT2D eigenvalue weighted by atomic mass is 16.3. The zero-order valence-corrected chi connectivity index (χ0v) is 9.21. The Morgan fingerprint density at radius 1 is 1.06 bits per heavy atom. The summed E-state index contributed by atoms with van der Waals surface area (Å²) < 4.78 is 0. The summed E-state index contributed by atoms with van der Waals surface area (Å²) in [5, 5.41) is 19.4. The molecule has 16 heavy (non-hydrogen) atoms. The Kier molecular flexibility index (Phi) is 4.89. The van der Waals surface area contributed by atoms with Crippen molar-refractivity contribution in [2.75, 3.05) is 0 Å². The van der Waals surface area contributed by atoms with E-state index in [1.807, 2.05) is 0 Å². The van der Waals surface area contributed by atoms with Crippen molar-refractivity contribution < 1.29 is 10.2 Å². The zero-order chi connectivity index (χ0) is 12.0. The minimum absolute atomic E-state index is 0.452. The number of rotatable bonds is 6. The van der Waals surface area contributed by atoms with Gasteiger partial charge in [-0.25, -0.2) is 0 Å². The van der Waals surface area contributed by atoms with E-state index in [1.54, 1.807) is 30.4 Å². The third-order valence-electron chi connectivity index (χ3n) is 2.25. The van der Waals surface area contributed by atoms with Gasteiger partial charge in [-0.2, -0.15) is 0 Å². The minimum atomic E-state index is -0.659. The Balaban J connectivity index is 2.85. The topological polar surface area (TPSA) is 53.4 Å². The molecule has 0 aliphatic carbocycles. The Hall–Kier alpha value is -1.45. The predicted molar refractivity (Wildman–Crippen MR) is 63.8 cm³/mol. The van der Waals surface area contributed by atoms with Crippen LogP contribution in [0.5, 0.6) is 0 Å². The molecule has 0 fully saturated rings. The Bertz CT molecular complexity index is 331. The number of hydrogen-bond acceptors (Lipinski definition) is 3. The second-order valence-electron chi connectivity index (χ2n) is 3.57. The Morgan fingerprint density at radius 2 is 1.50 bits per heavy atom. The van der Waals surface area contributed by atoms with Gasteiger partial charge < -0.3 is 10.2 Å². The van der Waals surface area contributed by atoms with E-state index in [1.165, 1.54) is 0 Å². The normalized spacial score (nSPS) is 14.1. The van der Waals surface area contributed by atoms with E-state index >= 15 is 0 Å². The van der Waals surface area contributed by atoms with Crippen LogP contribution in [0, 0.1) is 0 Å². The van der Waals surface area contributed by atoms with Gasteiger partial charge in [0.15, 0.2) is 0 Å². The quantitative estimate of drug-likeness (QED) is 0.722. The van der Waals surface area contributed by atoms with E-state index in [9.17, 15) is 10.2 Å². The summed E-state index contributed by atoms with van der Waals surface area (Å²) in [6.07, 6.45) is 2.86. The molecule has 0 saturated heterocycles. The fourth-order valence-corrected chi connectivity index (χ4v) is 1.40. The highest BCUT2D eigenvalue weighted by molar-refractivity contribution is 5.16. The van der Waals surface area contributed by atoms with Gasteiger partial charge >= 0.3 is 0 Å². The molecule has 0 spiro atoms. The first kappa shape index (κ1) is 12.6. The van der Waals surface area contributed by atoms with E-state index in [2.05, 4.69) is 18.1 Å². The highest BCUT2D eigenvalue weighted by Gasteiger charge is 2.11. The lowest BCUT2D eigenvalue weighted by Gasteiger charge is -2.12. The lowest BCUT2D eigenvalue weighted by molar-refractivity contribution is 0.165. The average molecular weight is 219 g/mol. The molecule has 3 nitrogen and oxygen atoms in total. The van der Waals surface area contributed by atoms with E-state index in [0.717, 1.165) is 0 Å². The maximum Gasteiger partial charge on any atom is 0.0994 e. The second kappa shape index (κ2) is 6.20. The zero-order valence-electron chi connectivity index (χ0n) is 9.21. The fourth-order valence-electron chi connectivity index (χ4n) is 1.40. The monoisotopic (exact) mass is 219 g/mol. The molecule has 1 heterocycles. The standard InChI is InChI=1S/C13H17NO2/c1-3-6-12(15)10-8-5-9-11(14-10)13(16)7-4-2/h3-5,8-9,12-13,15-16H,1-2,6-7H2/t12-,13-/m1/s1. The van der Waals surface area contributed by atoms with Crippen molar-refractivity contribution in [2.24, 2.45) is 0 Å². The lowest BCUT2D eigenvalue weighted by atomic mass is 10.1. The molecule has 0 aromatic carbocycles. The summed E-state index contributed by atoms with van der Waals surface area (Å²) in [6.45, 7) is 7.13. The predicted octanol–water partition coefficient (Wildman–Crippen LogP) is 2.30. The molecule has 0 saturated carbocycles. The molecule has 1 aromatic rings. The van der Waals surface area contributed by atoms with Crippen LogP contribution < -0.4 is 0 Å². The maximum absolute atomic E-state index is 9.72. The summed E-state index contributed by atoms with van der Waals surface area (Å²) in [5.41, 5.74) is 1.11. The summed E-state index contributed by atoms with van der Waals surface area (Å²) in [7, 11) is 0. The van der Waals surface area contributed by atoms with E-state index in [4.69, 9.17) is 0 Å². The Morgan fingerprint density at radius 3 is 1.88 bits per heavy atom. The average Bonchev–Trinajstić information content (AvgIpc) is 2.30. The molecule has 0 aliphatic heterocycles. The van der Waals surface area contributed by atoms with Gasteiger partial charge in [-0.3, -0.25) is 4.98 Å². The van der Waals surface area contributed by atoms with Crippen molar-refractivity contribution in [3.63, 3.8) is 0 Å². The second-order valence-corrected chi connectivity index (χ2v) is 3.57. The molecule has 1 aromatic heterocycles. The molecule has 0 unspecified atom stereocenters. The lowest BCUT2D eigenvalue weighted by Crippen LogP contribution is -2.05. The van der Waals surface area contributed by atoms with Gasteiger partial charge in [0.05, 0.1) is 23.6 Å². The fraction of sp³-hybridized carbons (Fsp3) is 0.308. The van der Waals surface area contributed by atoms with Gasteiger partial charge in [0.1, 0.15) is 0 Å². The van der Waals surface area contributed by atoms with Crippen LogP contribution in [0.25, 0.3) is 0 Å². The van der Waals surface area contributed by atoms with Crippen LogP contribution in [0.2, 0.25) is 0 Å². The van der Waals surface area contributed by atoms with Gasteiger partial charge in [-0.1, -0.05) is 18.2 Å².